The Morgan fingerprint density at radius 2 is 2.17 bits per heavy atom. The molecule has 3 fully saturated rings. The quantitative estimate of drug-likeness (QED) is 0.738. The summed E-state index contributed by atoms with van der Waals surface area (Å²) >= 11 is 0. The van der Waals surface area contributed by atoms with E-state index in [2.05, 4.69) is 28.4 Å². The van der Waals surface area contributed by atoms with Crippen LogP contribution in [-0.2, 0) is 24.2 Å². The highest BCUT2D eigenvalue weighted by atomic mass is 35.5. The molecule has 1 aromatic carbocycles. The third kappa shape index (κ3) is 3.12. The second-order valence-electron chi connectivity index (χ2n) is 9.05. The molecule has 2 aromatic rings. The first-order chi connectivity index (χ1) is 13.7. The highest BCUT2D eigenvalue weighted by molar-refractivity contribution is 5.86. The van der Waals surface area contributed by atoms with Crippen molar-refractivity contribution in [2.45, 2.75) is 37.6 Å². The Kier molecular flexibility index (Phi) is 5.94. The molecular formula is C22H29Cl2N3O3. The summed E-state index contributed by atoms with van der Waals surface area (Å²) < 4.78 is 8.38. The molecule has 1 spiro atoms. The smallest absolute Gasteiger partial charge is 0.251 e. The normalized spacial score (nSPS) is 31.8. The number of halogens is 2. The first-order valence-electron chi connectivity index (χ1n) is 10.5. The highest BCUT2D eigenvalue weighted by Gasteiger charge is 2.60. The van der Waals surface area contributed by atoms with Crippen molar-refractivity contribution in [1.29, 1.82) is 0 Å². The van der Waals surface area contributed by atoms with Crippen LogP contribution in [0.25, 0.3) is 10.9 Å². The maximum absolute atomic E-state index is 12.8. The lowest BCUT2D eigenvalue weighted by Crippen LogP contribution is -2.52. The van der Waals surface area contributed by atoms with Crippen LogP contribution in [0.4, 0.5) is 0 Å². The molecule has 6 rings (SSSR count). The summed E-state index contributed by atoms with van der Waals surface area (Å²) in [6.07, 6.45) is 2.22. The molecular weight excluding hydrogens is 425 g/mol. The van der Waals surface area contributed by atoms with Gasteiger partial charge in [0.05, 0.1) is 17.2 Å². The second-order valence-corrected chi connectivity index (χ2v) is 9.05. The fourth-order valence-electron chi connectivity index (χ4n) is 6.32. The Labute approximate surface area is 188 Å². The summed E-state index contributed by atoms with van der Waals surface area (Å²) in [5.41, 5.74) is 3.49. The predicted octanol–water partition coefficient (Wildman–Crippen LogP) is 1.57. The van der Waals surface area contributed by atoms with E-state index < -0.39 is 0 Å². The zero-order chi connectivity index (χ0) is 18.9. The average molecular weight is 454 g/mol. The van der Waals surface area contributed by atoms with Gasteiger partial charge in [0.2, 0.25) is 0 Å². The predicted molar refractivity (Wildman–Crippen MR) is 121 cm³/mol. The van der Waals surface area contributed by atoms with Crippen molar-refractivity contribution in [2.75, 3.05) is 32.8 Å². The van der Waals surface area contributed by atoms with Crippen LogP contribution < -0.4 is 10.9 Å². The number of benzene rings is 1. The standard InChI is InChI=1S/C22H27N3O3.2ClH/c26-11-17-18-10-24(13-22(18)12-23-8-19(17)28-22)9-15-7-20(27)25-6-2-4-14-3-1-5-16(15)21(14)25;;/h1,3,5,7,17-19,23,26H,2,4,6,8-13H2;2*1H/t17-,18+,19+,22+;;/m0../s1. The fraction of sp³-hybridized carbons (Fsp3) is 0.591. The average Bonchev–Trinajstić information content (AvgIpc) is 3.12. The number of nitrogens with one attached hydrogen (secondary N) is 1. The van der Waals surface area contributed by atoms with Crippen LogP contribution in [0.1, 0.15) is 17.5 Å². The van der Waals surface area contributed by atoms with E-state index in [1.54, 1.807) is 0 Å². The van der Waals surface area contributed by atoms with Gasteiger partial charge in [0.15, 0.2) is 0 Å². The number of aromatic nitrogens is 1. The molecule has 1 aromatic heterocycles. The Morgan fingerprint density at radius 1 is 1.30 bits per heavy atom. The number of pyridine rings is 1. The van der Waals surface area contributed by atoms with E-state index in [-0.39, 0.29) is 54.6 Å². The fourth-order valence-corrected chi connectivity index (χ4v) is 6.32. The molecule has 2 N–H and O–H groups in total. The summed E-state index contributed by atoms with van der Waals surface area (Å²) in [6.45, 7) is 5.26. The number of aryl methyl sites for hydroxylation is 2. The minimum absolute atomic E-state index is 0. The summed E-state index contributed by atoms with van der Waals surface area (Å²) in [7, 11) is 0. The first kappa shape index (κ1) is 22.1. The SMILES string of the molecule is Cl.Cl.O=c1cc(CN2C[C@@H]3[C@H](CO)[C@H]4CNC[C@]3(C2)O4)c2cccc3c2n1CCC3. The van der Waals surface area contributed by atoms with Gasteiger partial charge in [-0.1, -0.05) is 18.2 Å². The summed E-state index contributed by atoms with van der Waals surface area (Å²) in [4.78, 5) is 15.2. The lowest BCUT2D eigenvalue weighted by molar-refractivity contribution is -0.0746. The van der Waals surface area contributed by atoms with Gasteiger partial charge in [-0.25, -0.2) is 0 Å². The van der Waals surface area contributed by atoms with Crippen molar-refractivity contribution in [2.24, 2.45) is 11.8 Å². The van der Waals surface area contributed by atoms with E-state index in [0.29, 0.717) is 5.92 Å². The zero-order valence-corrected chi connectivity index (χ0v) is 18.5. The zero-order valence-electron chi connectivity index (χ0n) is 16.9. The Morgan fingerprint density at radius 3 is 3.00 bits per heavy atom. The van der Waals surface area contributed by atoms with E-state index in [0.717, 1.165) is 63.2 Å². The lowest BCUT2D eigenvalue weighted by atomic mass is 9.83. The van der Waals surface area contributed by atoms with Crippen LogP contribution in [0.3, 0.4) is 0 Å². The number of aliphatic hydroxyl groups is 1. The van der Waals surface area contributed by atoms with Crippen LogP contribution in [0, 0.1) is 11.8 Å². The van der Waals surface area contributed by atoms with Crippen molar-refractivity contribution in [3.63, 3.8) is 0 Å². The molecule has 0 amide bonds. The molecule has 5 heterocycles. The van der Waals surface area contributed by atoms with Crippen LogP contribution in [-0.4, -0.2) is 59.1 Å². The summed E-state index contributed by atoms with van der Waals surface area (Å²) in [5, 5.41) is 14.7. The van der Waals surface area contributed by atoms with Gasteiger partial charge in [0.25, 0.3) is 5.56 Å². The molecule has 2 bridgehead atoms. The third-order valence-corrected chi connectivity index (χ3v) is 7.50. The molecule has 4 aliphatic heterocycles. The number of likely N-dealkylation sites (tertiary alicyclic amines) is 1. The lowest BCUT2D eigenvalue weighted by Gasteiger charge is -2.34. The summed E-state index contributed by atoms with van der Waals surface area (Å²) in [5.74, 6) is 0.570. The number of para-hydroxylation sites is 1. The van der Waals surface area contributed by atoms with Crippen molar-refractivity contribution in [1.82, 2.24) is 14.8 Å². The number of rotatable bonds is 3. The Hall–Kier alpha value is -1.15. The van der Waals surface area contributed by atoms with Crippen LogP contribution in [0.15, 0.2) is 29.1 Å². The number of morpholine rings is 1. The van der Waals surface area contributed by atoms with Gasteiger partial charge in [0, 0.05) is 69.2 Å². The molecule has 0 unspecified atom stereocenters. The molecule has 4 aliphatic rings. The van der Waals surface area contributed by atoms with Gasteiger partial charge in [-0.05, 0) is 24.0 Å². The Balaban J connectivity index is 0.00000109. The molecule has 8 heteroatoms. The minimum Gasteiger partial charge on any atom is -0.396 e. The van der Waals surface area contributed by atoms with Crippen molar-refractivity contribution in [3.05, 3.63) is 45.7 Å². The number of fused-ring (bicyclic) bond motifs is 1. The van der Waals surface area contributed by atoms with Crippen molar-refractivity contribution in [3.8, 4) is 0 Å². The third-order valence-electron chi connectivity index (χ3n) is 7.50. The number of hydrogen-bond donors (Lipinski definition) is 2. The molecule has 3 saturated heterocycles. The number of nitrogens with zero attached hydrogens (tertiary/aromatic N) is 2. The largest absolute Gasteiger partial charge is 0.396 e. The topological polar surface area (TPSA) is 66.7 Å². The highest BCUT2D eigenvalue weighted by Crippen LogP contribution is 2.47. The van der Waals surface area contributed by atoms with Gasteiger partial charge < -0.3 is 19.7 Å². The van der Waals surface area contributed by atoms with Gasteiger partial charge in [0.1, 0.15) is 0 Å². The summed E-state index contributed by atoms with van der Waals surface area (Å²) in [6, 6.07) is 8.29. The number of hydrogen-bond acceptors (Lipinski definition) is 5. The minimum atomic E-state index is -0.183. The van der Waals surface area contributed by atoms with Gasteiger partial charge in [-0.15, -0.1) is 24.8 Å². The van der Waals surface area contributed by atoms with E-state index >= 15 is 0 Å². The maximum Gasteiger partial charge on any atom is 0.251 e. The van der Waals surface area contributed by atoms with E-state index in [4.69, 9.17) is 4.74 Å². The molecule has 30 heavy (non-hydrogen) atoms. The number of aliphatic hydroxyl groups excluding tert-OH is 1. The van der Waals surface area contributed by atoms with Gasteiger partial charge in [-0.3, -0.25) is 9.69 Å². The second kappa shape index (κ2) is 8.08. The van der Waals surface area contributed by atoms with E-state index in [1.165, 1.54) is 10.9 Å². The van der Waals surface area contributed by atoms with Crippen LogP contribution >= 0.6 is 24.8 Å². The molecule has 0 saturated carbocycles. The van der Waals surface area contributed by atoms with Crippen LogP contribution in [0.5, 0.6) is 0 Å². The van der Waals surface area contributed by atoms with Crippen molar-refractivity contribution >= 4 is 35.7 Å². The van der Waals surface area contributed by atoms with Crippen molar-refractivity contribution < 1.29 is 9.84 Å². The van der Waals surface area contributed by atoms with E-state index in [1.807, 2.05) is 10.6 Å². The Bertz CT molecular complexity index is 1010. The van der Waals surface area contributed by atoms with Crippen LogP contribution in [0.2, 0.25) is 0 Å². The monoisotopic (exact) mass is 453 g/mol. The molecule has 0 aliphatic carbocycles. The molecule has 164 valence electrons. The van der Waals surface area contributed by atoms with Gasteiger partial charge >= 0.3 is 0 Å². The molecule has 4 atom stereocenters. The van der Waals surface area contributed by atoms with E-state index in [9.17, 15) is 9.90 Å². The first-order valence-corrected chi connectivity index (χ1v) is 10.5. The van der Waals surface area contributed by atoms with Gasteiger partial charge in [-0.2, -0.15) is 0 Å². The molecule has 0 radical (unpaired) electrons. The molecule has 6 nitrogen and oxygen atoms in total. The maximum atomic E-state index is 12.8. The number of ether oxygens (including phenoxy) is 1.